The number of carbonyl (C=O) groups is 4. The molecule has 288 valence electrons. The molecule has 0 bridgehead atoms. The zero-order valence-electron chi connectivity index (χ0n) is 31.2. The normalized spacial score (nSPS) is 22.8. The van der Waals surface area contributed by atoms with Gasteiger partial charge in [0.15, 0.2) is 0 Å². The second-order valence-corrected chi connectivity index (χ2v) is 16.7. The van der Waals surface area contributed by atoms with Gasteiger partial charge in [0, 0.05) is 100 Å². The molecule has 0 saturated carbocycles. The van der Waals surface area contributed by atoms with Crippen molar-refractivity contribution in [1.82, 2.24) is 24.9 Å². The van der Waals surface area contributed by atoms with E-state index in [0.717, 1.165) is 108 Å². The van der Waals surface area contributed by atoms with Gasteiger partial charge in [-0.3, -0.25) is 39.2 Å². The summed E-state index contributed by atoms with van der Waals surface area (Å²) in [6.07, 6.45) is 4.29. The number of para-hydroxylation sites is 2. The summed E-state index contributed by atoms with van der Waals surface area (Å²) in [5.41, 5.74) is 4.20. The van der Waals surface area contributed by atoms with Crippen molar-refractivity contribution in [3.05, 3.63) is 77.9 Å². The maximum Gasteiger partial charge on any atom is 0.262 e. The molecule has 0 aromatic heterocycles. The zero-order valence-corrected chi connectivity index (χ0v) is 32.1. The van der Waals surface area contributed by atoms with Crippen LogP contribution in [0.1, 0.15) is 52.8 Å². The lowest BCUT2D eigenvalue weighted by Gasteiger charge is -2.43. The number of carbonyl (C=O) groups excluding carboxylic acids is 4. The highest BCUT2D eigenvalue weighted by Gasteiger charge is 2.45. The van der Waals surface area contributed by atoms with E-state index in [0.29, 0.717) is 23.3 Å². The molecule has 3 aromatic rings. The number of nitrogens with one attached hydrogen (secondary N) is 1. The van der Waals surface area contributed by atoms with Crippen LogP contribution in [0.15, 0.2) is 76.5 Å². The number of piperazine rings is 1. The number of amides is 4. The first-order valence-corrected chi connectivity index (χ1v) is 20.8. The molecule has 6 aliphatic heterocycles. The van der Waals surface area contributed by atoms with E-state index in [1.165, 1.54) is 21.2 Å². The van der Waals surface area contributed by atoms with Crippen molar-refractivity contribution < 1.29 is 23.9 Å². The standard InChI is InChI=1S/C42H49N7O5S/c50-39-13-12-36(40(51)43-39)49-41(52)32-11-10-29(26-33(32)42(49)53)47-24-22-45(23-25-47)21-20-44-18-14-30(15-19-44)54-31-27-46(28-31)16-5-17-48-34-6-1-3-8-37(34)55-38-9-4-2-7-35(38)48/h1-4,6-11,26,30-31,36H,5,12-25,27-28H2,(H,43,50,51). The number of rotatable bonds is 11. The van der Waals surface area contributed by atoms with Gasteiger partial charge in [0.1, 0.15) is 6.04 Å². The van der Waals surface area contributed by atoms with E-state index in [-0.39, 0.29) is 18.7 Å². The summed E-state index contributed by atoms with van der Waals surface area (Å²) in [6.45, 7) is 12.0. The third-order valence-corrected chi connectivity index (χ3v) is 13.3. The number of imide groups is 2. The monoisotopic (exact) mass is 763 g/mol. The van der Waals surface area contributed by atoms with Gasteiger partial charge in [-0.15, -0.1) is 0 Å². The number of piperidine rings is 2. The van der Waals surface area contributed by atoms with E-state index < -0.39 is 23.8 Å². The zero-order chi connectivity index (χ0) is 37.5. The molecule has 6 heterocycles. The molecule has 0 aliphatic carbocycles. The smallest absolute Gasteiger partial charge is 0.262 e. The molecule has 9 rings (SSSR count). The summed E-state index contributed by atoms with van der Waals surface area (Å²) in [6, 6.07) is 21.9. The molecular formula is C42H49N7O5S. The fourth-order valence-electron chi connectivity index (χ4n) is 8.97. The summed E-state index contributed by atoms with van der Waals surface area (Å²) in [7, 11) is 0. The Labute approximate surface area is 326 Å². The summed E-state index contributed by atoms with van der Waals surface area (Å²) in [5, 5.41) is 2.25. The van der Waals surface area contributed by atoms with Gasteiger partial charge in [-0.05, 0) is 68.1 Å². The van der Waals surface area contributed by atoms with Crippen LogP contribution < -0.4 is 15.1 Å². The molecule has 0 spiro atoms. The van der Waals surface area contributed by atoms with E-state index in [9.17, 15) is 19.2 Å². The van der Waals surface area contributed by atoms with Crippen molar-refractivity contribution >= 4 is 52.5 Å². The number of nitrogens with zero attached hydrogens (tertiary/aromatic N) is 6. The van der Waals surface area contributed by atoms with Crippen LogP contribution in [0.4, 0.5) is 17.1 Å². The molecular weight excluding hydrogens is 715 g/mol. The van der Waals surface area contributed by atoms with E-state index in [4.69, 9.17) is 4.74 Å². The molecule has 6 aliphatic rings. The number of likely N-dealkylation sites (tertiary alicyclic amines) is 2. The molecule has 3 aromatic carbocycles. The van der Waals surface area contributed by atoms with Gasteiger partial charge in [-0.1, -0.05) is 36.0 Å². The minimum atomic E-state index is -0.950. The molecule has 1 unspecified atom stereocenters. The van der Waals surface area contributed by atoms with Crippen molar-refractivity contribution in [2.45, 2.75) is 60.1 Å². The average Bonchev–Trinajstić information content (AvgIpc) is 3.44. The Morgan fingerprint density at radius 3 is 2.00 bits per heavy atom. The number of fused-ring (bicyclic) bond motifs is 3. The Morgan fingerprint density at radius 2 is 1.31 bits per heavy atom. The third-order valence-electron chi connectivity index (χ3n) is 12.1. The lowest BCUT2D eigenvalue weighted by Crippen LogP contribution is -2.54. The summed E-state index contributed by atoms with van der Waals surface area (Å²) in [5.74, 6) is -1.90. The Bertz CT molecular complexity index is 1910. The highest BCUT2D eigenvalue weighted by molar-refractivity contribution is 7.99. The van der Waals surface area contributed by atoms with Crippen molar-refractivity contribution in [2.75, 3.05) is 88.3 Å². The Hall–Kier alpha value is -4.27. The molecule has 0 radical (unpaired) electrons. The lowest BCUT2D eigenvalue weighted by atomic mass is 10.0. The molecule has 13 heteroatoms. The van der Waals surface area contributed by atoms with Gasteiger partial charge >= 0.3 is 0 Å². The predicted molar refractivity (Wildman–Crippen MR) is 211 cm³/mol. The summed E-state index contributed by atoms with van der Waals surface area (Å²) < 4.78 is 6.56. The average molecular weight is 764 g/mol. The van der Waals surface area contributed by atoms with Crippen LogP contribution >= 0.6 is 11.8 Å². The van der Waals surface area contributed by atoms with Gasteiger partial charge in [0.2, 0.25) is 11.8 Å². The SMILES string of the molecule is O=C1CCC(N2C(=O)c3ccc(N4CCN(CCN5CCC(OC6CN(CCCN7c8ccccc8Sc8ccccc87)C6)CC5)CC4)cc3C2=O)C(=O)N1. The molecule has 1 N–H and O–H groups in total. The van der Waals surface area contributed by atoms with Crippen LogP contribution in [0.25, 0.3) is 0 Å². The molecule has 12 nitrogen and oxygen atoms in total. The number of anilines is 3. The molecule has 4 amide bonds. The van der Waals surface area contributed by atoms with Gasteiger partial charge < -0.3 is 19.4 Å². The third kappa shape index (κ3) is 7.52. The molecule has 4 fully saturated rings. The van der Waals surface area contributed by atoms with Crippen molar-refractivity contribution in [2.24, 2.45) is 0 Å². The number of benzene rings is 3. The second-order valence-electron chi connectivity index (χ2n) is 15.6. The van der Waals surface area contributed by atoms with Gasteiger partial charge in [-0.25, -0.2) is 0 Å². The van der Waals surface area contributed by atoms with E-state index in [1.54, 1.807) is 12.1 Å². The quantitative estimate of drug-likeness (QED) is 0.286. The number of hydrogen-bond donors (Lipinski definition) is 1. The van der Waals surface area contributed by atoms with Gasteiger partial charge in [-0.2, -0.15) is 0 Å². The fraction of sp³-hybridized carbons (Fsp3) is 0.476. The van der Waals surface area contributed by atoms with Crippen molar-refractivity contribution in [1.29, 1.82) is 0 Å². The summed E-state index contributed by atoms with van der Waals surface area (Å²) in [4.78, 5) is 66.5. The number of ether oxygens (including phenoxy) is 1. The topological polar surface area (TPSA) is 109 Å². The lowest BCUT2D eigenvalue weighted by molar-refractivity contribution is -0.136. The van der Waals surface area contributed by atoms with Gasteiger partial charge in [0.25, 0.3) is 11.8 Å². The fourth-order valence-corrected chi connectivity index (χ4v) is 10.1. The first-order chi connectivity index (χ1) is 26.9. The Morgan fingerprint density at radius 1 is 0.655 bits per heavy atom. The van der Waals surface area contributed by atoms with Crippen LogP contribution in [0.5, 0.6) is 0 Å². The first kappa shape index (κ1) is 36.4. The predicted octanol–water partition coefficient (Wildman–Crippen LogP) is 4.07. The maximum atomic E-state index is 13.3. The molecule has 1 atom stereocenters. The highest BCUT2D eigenvalue weighted by Crippen LogP contribution is 2.47. The van der Waals surface area contributed by atoms with E-state index in [1.807, 2.05) is 17.8 Å². The Balaban J connectivity index is 0.665. The molecule has 4 saturated heterocycles. The Kier molecular flexibility index (Phi) is 10.4. The van der Waals surface area contributed by atoms with Crippen molar-refractivity contribution in [3.63, 3.8) is 0 Å². The summed E-state index contributed by atoms with van der Waals surface area (Å²) >= 11 is 1.87. The van der Waals surface area contributed by atoms with Crippen LogP contribution in [0, 0.1) is 0 Å². The largest absolute Gasteiger partial charge is 0.372 e. The minimum Gasteiger partial charge on any atom is -0.372 e. The van der Waals surface area contributed by atoms with Crippen LogP contribution in [-0.2, 0) is 14.3 Å². The highest BCUT2D eigenvalue weighted by atomic mass is 32.2. The first-order valence-electron chi connectivity index (χ1n) is 19.9. The maximum absolute atomic E-state index is 13.3. The van der Waals surface area contributed by atoms with Crippen LogP contribution in [0.2, 0.25) is 0 Å². The van der Waals surface area contributed by atoms with E-state index >= 15 is 0 Å². The second kappa shape index (κ2) is 15.7. The van der Waals surface area contributed by atoms with Crippen LogP contribution in [0.3, 0.4) is 0 Å². The van der Waals surface area contributed by atoms with Gasteiger partial charge in [0.05, 0.1) is 34.7 Å². The minimum absolute atomic E-state index is 0.110. The number of hydrogen-bond acceptors (Lipinski definition) is 11. The van der Waals surface area contributed by atoms with E-state index in [2.05, 4.69) is 78.3 Å². The molecule has 55 heavy (non-hydrogen) atoms. The van der Waals surface area contributed by atoms with Crippen LogP contribution in [-0.4, -0.2) is 140 Å². The van der Waals surface area contributed by atoms with Crippen molar-refractivity contribution in [3.8, 4) is 0 Å².